The zero-order valence-electron chi connectivity index (χ0n) is 8.14. The molecule has 1 rings (SSSR count). The molecule has 0 atom stereocenters. The van der Waals surface area contributed by atoms with Gasteiger partial charge in [0.1, 0.15) is 0 Å². The van der Waals surface area contributed by atoms with Crippen molar-refractivity contribution < 1.29 is 9.53 Å². The van der Waals surface area contributed by atoms with E-state index in [-0.39, 0.29) is 11.4 Å². The lowest BCUT2D eigenvalue weighted by Crippen LogP contribution is -2.50. The number of rotatable bonds is 5. The van der Waals surface area contributed by atoms with E-state index in [1.807, 2.05) is 0 Å². The van der Waals surface area contributed by atoms with Crippen molar-refractivity contribution in [2.45, 2.75) is 31.2 Å². The van der Waals surface area contributed by atoms with Gasteiger partial charge < -0.3 is 15.8 Å². The normalized spacial score (nSPS) is 19.2. The van der Waals surface area contributed by atoms with E-state index in [1.54, 1.807) is 7.11 Å². The molecule has 0 aromatic heterocycles. The highest BCUT2D eigenvalue weighted by Gasteiger charge is 2.34. The van der Waals surface area contributed by atoms with Gasteiger partial charge in [-0.2, -0.15) is 0 Å². The second-order valence-corrected chi connectivity index (χ2v) is 3.74. The van der Waals surface area contributed by atoms with Crippen LogP contribution in [0.4, 0.5) is 0 Å². The van der Waals surface area contributed by atoms with Gasteiger partial charge in [0.2, 0.25) is 5.91 Å². The molecule has 0 aromatic rings. The van der Waals surface area contributed by atoms with E-state index < -0.39 is 0 Å². The summed E-state index contributed by atoms with van der Waals surface area (Å²) >= 11 is 0. The highest BCUT2D eigenvalue weighted by molar-refractivity contribution is 5.77. The van der Waals surface area contributed by atoms with Crippen LogP contribution in [0.2, 0.25) is 0 Å². The summed E-state index contributed by atoms with van der Waals surface area (Å²) in [5.74, 6) is 0.0410. The predicted octanol–water partition coefficient (Wildman–Crippen LogP) is 0.0205. The molecule has 0 aromatic carbocycles. The zero-order valence-corrected chi connectivity index (χ0v) is 8.14. The van der Waals surface area contributed by atoms with E-state index in [9.17, 15) is 4.79 Å². The maximum atomic E-state index is 11.3. The summed E-state index contributed by atoms with van der Waals surface area (Å²) < 4.78 is 4.82. The zero-order chi connectivity index (χ0) is 9.73. The Morgan fingerprint density at radius 2 is 2.31 bits per heavy atom. The van der Waals surface area contributed by atoms with Crippen LogP contribution in [0, 0.1) is 0 Å². The van der Waals surface area contributed by atoms with Crippen LogP contribution < -0.4 is 11.1 Å². The van der Waals surface area contributed by atoms with Crippen LogP contribution in [0.15, 0.2) is 0 Å². The molecule has 1 amide bonds. The van der Waals surface area contributed by atoms with Gasteiger partial charge in [0.05, 0.1) is 6.61 Å². The Hall–Kier alpha value is -0.610. The number of ether oxygens (including phenoxy) is 1. The molecule has 3 N–H and O–H groups in total. The molecule has 1 saturated carbocycles. The Morgan fingerprint density at radius 3 is 2.77 bits per heavy atom. The Balaban J connectivity index is 2.10. The minimum atomic E-state index is -0.211. The molecule has 0 bridgehead atoms. The van der Waals surface area contributed by atoms with Gasteiger partial charge in [0.25, 0.3) is 0 Å². The van der Waals surface area contributed by atoms with E-state index in [0.29, 0.717) is 19.6 Å². The van der Waals surface area contributed by atoms with Crippen molar-refractivity contribution in [3.8, 4) is 0 Å². The quantitative estimate of drug-likeness (QED) is 0.595. The summed E-state index contributed by atoms with van der Waals surface area (Å²) in [7, 11) is 1.61. The Morgan fingerprint density at radius 1 is 1.62 bits per heavy atom. The summed E-state index contributed by atoms with van der Waals surface area (Å²) in [6.45, 7) is 1.13. The number of carbonyl (C=O) groups excluding carboxylic acids is 1. The molecule has 0 aliphatic heterocycles. The average Bonchev–Trinajstić information content (AvgIpc) is 2.02. The number of nitrogens with two attached hydrogens (primary N) is 1. The molecule has 4 nitrogen and oxygen atoms in total. The van der Waals surface area contributed by atoms with Gasteiger partial charge in [-0.1, -0.05) is 0 Å². The largest absolute Gasteiger partial charge is 0.383 e. The molecule has 4 heteroatoms. The molecule has 76 valence electrons. The summed E-state index contributed by atoms with van der Waals surface area (Å²) in [5, 5.41) is 2.76. The smallest absolute Gasteiger partial charge is 0.221 e. The van der Waals surface area contributed by atoms with Crippen molar-refractivity contribution in [2.24, 2.45) is 5.73 Å². The van der Waals surface area contributed by atoms with Gasteiger partial charge in [-0.25, -0.2) is 0 Å². The molecular weight excluding hydrogens is 168 g/mol. The third-order valence-corrected chi connectivity index (χ3v) is 2.49. The fraction of sp³-hybridized carbons (Fsp3) is 0.889. The summed E-state index contributed by atoms with van der Waals surface area (Å²) in [4.78, 5) is 11.3. The lowest BCUT2D eigenvalue weighted by molar-refractivity contribution is -0.123. The maximum absolute atomic E-state index is 11.3. The van der Waals surface area contributed by atoms with Crippen LogP contribution in [0.25, 0.3) is 0 Å². The second-order valence-electron chi connectivity index (χ2n) is 3.74. The Labute approximate surface area is 78.8 Å². The molecule has 0 saturated heterocycles. The van der Waals surface area contributed by atoms with Crippen LogP contribution in [-0.4, -0.2) is 31.7 Å². The molecule has 1 fully saturated rings. The van der Waals surface area contributed by atoms with Crippen LogP contribution in [0.1, 0.15) is 25.7 Å². The third-order valence-electron chi connectivity index (χ3n) is 2.49. The van der Waals surface area contributed by atoms with Gasteiger partial charge in [-0.05, 0) is 19.3 Å². The first-order valence-electron chi connectivity index (χ1n) is 4.71. The number of hydrogen-bond acceptors (Lipinski definition) is 3. The second kappa shape index (κ2) is 4.58. The summed E-state index contributed by atoms with van der Waals surface area (Å²) in [6.07, 6.45) is 3.56. The highest BCUT2D eigenvalue weighted by Crippen LogP contribution is 2.31. The summed E-state index contributed by atoms with van der Waals surface area (Å²) in [6, 6.07) is 0. The number of nitrogens with one attached hydrogen (secondary N) is 1. The van der Waals surface area contributed by atoms with Crippen LogP contribution >= 0.6 is 0 Å². The van der Waals surface area contributed by atoms with E-state index >= 15 is 0 Å². The number of methoxy groups -OCH3 is 1. The van der Waals surface area contributed by atoms with Crippen molar-refractivity contribution >= 4 is 5.91 Å². The van der Waals surface area contributed by atoms with E-state index in [4.69, 9.17) is 10.5 Å². The SMILES string of the molecule is COCCNC(=O)CC1(N)CCC1. The van der Waals surface area contributed by atoms with E-state index in [1.165, 1.54) is 0 Å². The monoisotopic (exact) mass is 186 g/mol. The highest BCUT2D eigenvalue weighted by atomic mass is 16.5. The number of amides is 1. The first-order chi connectivity index (χ1) is 6.16. The van der Waals surface area contributed by atoms with Crippen molar-refractivity contribution in [1.29, 1.82) is 0 Å². The van der Waals surface area contributed by atoms with Crippen molar-refractivity contribution in [1.82, 2.24) is 5.32 Å². The molecule has 0 heterocycles. The molecule has 0 radical (unpaired) electrons. The van der Waals surface area contributed by atoms with E-state index in [2.05, 4.69) is 5.32 Å². The first-order valence-corrected chi connectivity index (χ1v) is 4.71. The van der Waals surface area contributed by atoms with Gasteiger partial charge in [0.15, 0.2) is 0 Å². The number of carbonyl (C=O) groups is 1. The standard InChI is InChI=1S/C9H18N2O2/c1-13-6-5-11-8(12)7-9(10)3-2-4-9/h2-7,10H2,1H3,(H,11,12). The Bertz CT molecular complexity index is 178. The lowest BCUT2D eigenvalue weighted by Gasteiger charge is -2.37. The molecule has 0 spiro atoms. The van der Waals surface area contributed by atoms with Crippen LogP contribution in [0.3, 0.4) is 0 Å². The third kappa shape index (κ3) is 3.32. The van der Waals surface area contributed by atoms with Crippen molar-refractivity contribution in [3.63, 3.8) is 0 Å². The summed E-state index contributed by atoms with van der Waals surface area (Å²) in [5.41, 5.74) is 5.70. The average molecular weight is 186 g/mol. The van der Waals surface area contributed by atoms with Crippen LogP contribution in [0.5, 0.6) is 0 Å². The Kier molecular flexibility index (Phi) is 3.69. The van der Waals surface area contributed by atoms with Gasteiger partial charge in [-0.3, -0.25) is 4.79 Å². The van der Waals surface area contributed by atoms with Crippen LogP contribution in [-0.2, 0) is 9.53 Å². The predicted molar refractivity (Wildman–Crippen MR) is 50.3 cm³/mol. The minimum Gasteiger partial charge on any atom is -0.383 e. The van der Waals surface area contributed by atoms with Crippen molar-refractivity contribution in [3.05, 3.63) is 0 Å². The fourth-order valence-electron chi connectivity index (χ4n) is 1.48. The van der Waals surface area contributed by atoms with E-state index in [0.717, 1.165) is 19.3 Å². The minimum absolute atomic E-state index is 0.0410. The fourth-order valence-corrected chi connectivity index (χ4v) is 1.48. The lowest BCUT2D eigenvalue weighted by atomic mass is 9.75. The number of hydrogen-bond donors (Lipinski definition) is 2. The molecular formula is C9H18N2O2. The molecule has 1 aliphatic rings. The van der Waals surface area contributed by atoms with Gasteiger partial charge in [0, 0.05) is 25.6 Å². The van der Waals surface area contributed by atoms with Gasteiger partial charge >= 0.3 is 0 Å². The molecule has 1 aliphatic carbocycles. The topological polar surface area (TPSA) is 64.3 Å². The first kappa shape index (κ1) is 10.5. The molecule has 0 unspecified atom stereocenters. The van der Waals surface area contributed by atoms with Gasteiger partial charge in [-0.15, -0.1) is 0 Å². The van der Waals surface area contributed by atoms with Crippen molar-refractivity contribution in [2.75, 3.05) is 20.3 Å². The molecule has 13 heavy (non-hydrogen) atoms. The maximum Gasteiger partial charge on any atom is 0.221 e.